The molecular formula is C39H58N6O7S. The molecule has 13 nitrogen and oxygen atoms in total. The van der Waals surface area contributed by atoms with Gasteiger partial charge in [-0.2, -0.15) is 0 Å². The van der Waals surface area contributed by atoms with Gasteiger partial charge in [0.15, 0.2) is 0 Å². The first-order valence-electron chi connectivity index (χ1n) is 18.7. The number of β-amino-alcohol motifs (C(OH)–C–C–N with tert-alkyl or cyclic N) is 1. The molecule has 0 spiro atoms. The molecule has 53 heavy (non-hydrogen) atoms. The molecule has 14 heteroatoms. The van der Waals surface area contributed by atoms with E-state index in [-0.39, 0.29) is 49.1 Å². The number of aliphatic hydroxyl groups is 1. The quantitative estimate of drug-likeness (QED) is 0.213. The predicted octanol–water partition coefficient (Wildman–Crippen LogP) is 4.72. The van der Waals surface area contributed by atoms with E-state index in [9.17, 15) is 29.1 Å². The molecule has 1 aromatic heterocycles. The number of hydrogen-bond acceptors (Lipinski definition) is 9. The highest BCUT2D eigenvalue weighted by Crippen LogP contribution is 2.30. The van der Waals surface area contributed by atoms with Gasteiger partial charge in [0.2, 0.25) is 23.6 Å². The summed E-state index contributed by atoms with van der Waals surface area (Å²) in [5.74, 6) is -1.40. The lowest BCUT2D eigenvalue weighted by Crippen LogP contribution is -2.57. The number of likely N-dealkylation sites (tertiary alicyclic amines) is 2. The van der Waals surface area contributed by atoms with E-state index in [0.29, 0.717) is 45.3 Å². The third kappa shape index (κ3) is 11.7. The molecule has 2 aliphatic rings. The van der Waals surface area contributed by atoms with E-state index in [1.165, 1.54) is 4.90 Å². The van der Waals surface area contributed by atoms with Crippen molar-refractivity contribution in [3.05, 3.63) is 41.0 Å². The smallest absolute Gasteiger partial charge is 0.410 e. The number of nitrogens with one attached hydrogen (secondary N) is 3. The second-order valence-electron chi connectivity index (χ2n) is 16.4. The number of unbranched alkanes of at least 4 members (excludes halogenated alkanes) is 2. The summed E-state index contributed by atoms with van der Waals surface area (Å²) in [6.45, 7) is 16.1. The van der Waals surface area contributed by atoms with Crippen LogP contribution in [0.1, 0.15) is 104 Å². The lowest BCUT2D eigenvalue weighted by Gasteiger charge is -2.35. The van der Waals surface area contributed by atoms with E-state index in [2.05, 4.69) is 20.9 Å². The molecule has 1 aromatic carbocycles. The summed E-state index contributed by atoms with van der Waals surface area (Å²) >= 11 is 1.58. The number of carbonyl (C=O) groups excluding carboxylic acids is 5. The zero-order valence-corrected chi connectivity index (χ0v) is 33.3. The first kappa shape index (κ1) is 41.7. The van der Waals surface area contributed by atoms with Crippen molar-refractivity contribution >= 4 is 41.1 Å². The molecule has 1 unspecified atom stereocenters. The number of aromatic nitrogens is 1. The van der Waals surface area contributed by atoms with Crippen molar-refractivity contribution < 1.29 is 33.8 Å². The molecule has 0 aliphatic carbocycles. The molecule has 0 saturated carbocycles. The SMILES string of the molecule is Cc1ncsc1-c1ccc([C@H](C)NC(=O)[C@@H]2C[C@@H](O)CN2C(=O)[C@@H](NC(=O)CCCCCNC(=O)C2CCN(C(=O)OC(C)(C)C)C2)C(C)(C)C)cc1. The van der Waals surface area contributed by atoms with Crippen LogP contribution in [0.2, 0.25) is 0 Å². The van der Waals surface area contributed by atoms with Crippen LogP contribution in [0.4, 0.5) is 4.79 Å². The maximum Gasteiger partial charge on any atom is 0.410 e. The van der Waals surface area contributed by atoms with Crippen LogP contribution in [0, 0.1) is 18.3 Å². The lowest BCUT2D eigenvalue weighted by atomic mass is 9.85. The summed E-state index contributed by atoms with van der Waals surface area (Å²) in [6.07, 6.45) is 1.58. The number of benzene rings is 1. The number of aliphatic hydroxyl groups excluding tert-OH is 1. The Morgan fingerprint density at radius 1 is 0.981 bits per heavy atom. The van der Waals surface area contributed by atoms with Crippen LogP contribution < -0.4 is 16.0 Å². The van der Waals surface area contributed by atoms with Crippen molar-refractivity contribution in [1.82, 2.24) is 30.7 Å². The molecule has 2 fully saturated rings. The lowest BCUT2D eigenvalue weighted by molar-refractivity contribution is -0.144. The first-order valence-corrected chi connectivity index (χ1v) is 19.6. The second-order valence-corrected chi connectivity index (χ2v) is 17.3. The maximum atomic E-state index is 14.0. The third-order valence-corrected chi connectivity index (χ3v) is 10.6. The van der Waals surface area contributed by atoms with Crippen molar-refractivity contribution in [3.8, 4) is 10.4 Å². The van der Waals surface area contributed by atoms with Crippen molar-refractivity contribution in [2.75, 3.05) is 26.2 Å². The molecule has 2 saturated heterocycles. The molecule has 5 amide bonds. The summed E-state index contributed by atoms with van der Waals surface area (Å²) in [5, 5.41) is 19.4. The third-order valence-electron chi connectivity index (χ3n) is 9.65. The fourth-order valence-electron chi connectivity index (χ4n) is 6.66. The number of thiazole rings is 1. The molecule has 2 aromatic rings. The zero-order chi connectivity index (χ0) is 39.1. The van der Waals surface area contributed by atoms with Crippen LogP contribution >= 0.6 is 11.3 Å². The van der Waals surface area contributed by atoms with E-state index in [4.69, 9.17) is 4.74 Å². The average molecular weight is 755 g/mol. The van der Waals surface area contributed by atoms with Gasteiger partial charge in [-0.1, -0.05) is 51.5 Å². The van der Waals surface area contributed by atoms with Crippen molar-refractivity contribution in [1.29, 1.82) is 0 Å². The van der Waals surface area contributed by atoms with Crippen LogP contribution in [-0.2, 0) is 23.9 Å². The highest BCUT2D eigenvalue weighted by atomic mass is 32.1. The van der Waals surface area contributed by atoms with E-state index in [1.807, 2.05) is 85.2 Å². The second kappa shape index (κ2) is 17.9. The van der Waals surface area contributed by atoms with Crippen molar-refractivity contribution in [2.24, 2.45) is 11.3 Å². The number of aryl methyl sites for hydroxylation is 1. The fraction of sp³-hybridized carbons (Fsp3) is 0.641. The van der Waals surface area contributed by atoms with Crippen molar-refractivity contribution in [3.63, 3.8) is 0 Å². The van der Waals surface area contributed by atoms with Crippen LogP contribution in [0.15, 0.2) is 29.8 Å². The highest BCUT2D eigenvalue weighted by molar-refractivity contribution is 7.13. The Kier molecular flexibility index (Phi) is 14.1. The van der Waals surface area contributed by atoms with Gasteiger partial charge in [0.05, 0.1) is 34.1 Å². The Hall–Kier alpha value is -4.04. The number of rotatable bonds is 13. The predicted molar refractivity (Wildman–Crippen MR) is 204 cm³/mol. The molecule has 4 N–H and O–H groups in total. The van der Waals surface area contributed by atoms with Crippen LogP contribution in [-0.4, -0.2) is 99.6 Å². The standard InChI is InChI=1S/C39H58N6O7S/c1-24(26-13-15-27(16-14-26)32-25(2)41-23-53-32)42-35(49)30-20-29(46)22-45(30)36(50)33(38(3,4)5)43-31(47)12-10-9-11-18-40-34(48)28-17-19-44(21-28)37(51)52-39(6,7)8/h13-16,23-24,28-30,33,46H,9-12,17-22H2,1-8H3,(H,40,48)(H,42,49)(H,43,47)/t24-,28?,29+,30-,33+/m0/s1. The molecular weight excluding hydrogens is 697 g/mol. The minimum absolute atomic E-state index is 0.00224. The van der Waals surface area contributed by atoms with E-state index in [0.717, 1.165) is 21.7 Å². The van der Waals surface area contributed by atoms with Gasteiger partial charge in [-0.15, -0.1) is 11.3 Å². The van der Waals surface area contributed by atoms with E-state index >= 15 is 0 Å². The summed E-state index contributed by atoms with van der Waals surface area (Å²) in [4.78, 5) is 74.0. The largest absolute Gasteiger partial charge is 0.444 e. The van der Waals surface area contributed by atoms with Crippen molar-refractivity contribution in [2.45, 2.75) is 124 Å². The fourth-order valence-corrected chi connectivity index (χ4v) is 7.47. The number of nitrogens with zero attached hydrogens (tertiary/aromatic N) is 3. The van der Waals surface area contributed by atoms with Gasteiger partial charge >= 0.3 is 6.09 Å². The monoisotopic (exact) mass is 754 g/mol. The molecule has 292 valence electrons. The maximum absolute atomic E-state index is 14.0. The molecule has 4 rings (SSSR count). The normalized spacial score (nSPS) is 20.1. The number of ether oxygens (including phenoxy) is 1. The summed E-state index contributed by atoms with van der Waals surface area (Å²) in [7, 11) is 0. The van der Waals surface area contributed by atoms with Gasteiger partial charge in [0.1, 0.15) is 17.7 Å². The van der Waals surface area contributed by atoms with Gasteiger partial charge in [-0.3, -0.25) is 19.2 Å². The Morgan fingerprint density at radius 3 is 2.30 bits per heavy atom. The number of hydrogen-bond donors (Lipinski definition) is 4. The molecule has 0 bridgehead atoms. The van der Waals surface area contributed by atoms with Gasteiger partial charge in [0.25, 0.3) is 0 Å². The molecule has 0 radical (unpaired) electrons. The molecule has 5 atom stereocenters. The van der Waals surface area contributed by atoms with Crippen LogP contribution in [0.3, 0.4) is 0 Å². The zero-order valence-electron chi connectivity index (χ0n) is 32.5. The summed E-state index contributed by atoms with van der Waals surface area (Å²) in [5.41, 5.74) is 3.49. The topological polar surface area (TPSA) is 170 Å². The number of carbonyl (C=O) groups is 5. The van der Waals surface area contributed by atoms with Gasteiger partial charge in [0, 0.05) is 39.0 Å². The molecule has 3 heterocycles. The Bertz CT molecular complexity index is 1600. The van der Waals surface area contributed by atoms with Gasteiger partial charge in [-0.25, -0.2) is 9.78 Å². The minimum Gasteiger partial charge on any atom is -0.444 e. The minimum atomic E-state index is -0.901. The highest BCUT2D eigenvalue weighted by Gasteiger charge is 2.44. The Balaban J connectivity index is 1.22. The summed E-state index contributed by atoms with van der Waals surface area (Å²) in [6, 6.07) is 5.82. The average Bonchev–Trinajstić information content (AvgIpc) is 3.84. The van der Waals surface area contributed by atoms with E-state index < -0.39 is 41.2 Å². The summed E-state index contributed by atoms with van der Waals surface area (Å²) < 4.78 is 5.41. The van der Waals surface area contributed by atoms with Crippen LogP contribution in [0.25, 0.3) is 10.4 Å². The van der Waals surface area contributed by atoms with Crippen LogP contribution in [0.5, 0.6) is 0 Å². The van der Waals surface area contributed by atoms with Gasteiger partial charge < -0.3 is 35.6 Å². The molecule has 2 aliphatic heterocycles. The Labute approximate surface area is 317 Å². The Morgan fingerprint density at radius 2 is 1.68 bits per heavy atom. The van der Waals surface area contributed by atoms with E-state index in [1.54, 1.807) is 16.2 Å². The first-order chi connectivity index (χ1) is 24.8. The van der Waals surface area contributed by atoms with Gasteiger partial charge in [-0.05, 0) is 70.4 Å². The number of amides is 5.